The topological polar surface area (TPSA) is 37.3 Å². The third-order valence-corrected chi connectivity index (χ3v) is 4.14. The highest BCUT2D eigenvalue weighted by Crippen LogP contribution is 2.48. The van der Waals surface area contributed by atoms with E-state index in [2.05, 4.69) is 6.92 Å². The normalized spacial score (nSPS) is 34.6. The van der Waals surface area contributed by atoms with Crippen LogP contribution in [0.5, 0.6) is 0 Å². The zero-order valence-electron chi connectivity index (χ0n) is 10.3. The van der Waals surface area contributed by atoms with Gasteiger partial charge in [-0.25, -0.2) is 0 Å². The summed E-state index contributed by atoms with van der Waals surface area (Å²) in [4.78, 5) is 11.4. The molecule has 0 radical (unpaired) electrons. The molecule has 0 aromatic rings. The Kier molecular flexibility index (Phi) is 2.58. The molecule has 1 fully saturated rings. The Morgan fingerprint density at radius 3 is 2.81 bits per heavy atom. The van der Waals surface area contributed by atoms with E-state index in [-0.39, 0.29) is 17.1 Å². The monoisotopic (exact) mass is 220 g/mol. The van der Waals surface area contributed by atoms with E-state index in [1.807, 2.05) is 19.9 Å². The molecule has 2 atom stereocenters. The van der Waals surface area contributed by atoms with E-state index >= 15 is 0 Å². The van der Waals surface area contributed by atoms with Gasteiger partial charge in [0.1, 0.15) is 0 Å². The fourth-order valence-corrected chi connectivity index (χ4v) is 2.74. The lowest BCUT2D eigenvalue weighted by molar-refractivity contribution is -0.110. The molecule has 1 saturated carbocycles. The Morgan fingerprint density at radius 2 is 2.19 bits per heavy atom. The van der Waals surface area contributed by atoms with Crippen molar-refractivity contribution in [3.63, 3.8) is 0 Å². The number of carbonyl (C=O) groups excluding carboxylic acids is 1. The summed E-state index contributed by atoms with van der Waals surface area (Å²) >= 11 is 0. The second kappa shape index (κ2) is 3.56. The summed E-state index contributed by atoms with van der Waals surface area (Å²) in [7, 11) is 0. The molecule has 0 aromatic carbocycles. The van der Waals surface area contributed by atoms with Crippen molar-refractivity contribution < 1.29 is 9.90 Å². The van der Waals surface area contributed by atoms with Crippen molar-refractivity contribution in [2.24, 2.45) is 11.3 Å². The fraction of sp³-hybridized carbons (Fsp3) is 0.643. The number of allylic oxidation sites excluding steroid dienone is 4. The zero-order chi connectivity index (χ0) is 12.0. The van der Waals surface area contributed by atoms with Crippen LogP contribution in [0.4, 0.5) is 0 Å². The molecule has 0 saturated heterocycles. The summed E-state index contributed by atoms with van der Waals surface area (Å²) in [5.74, 6) is 0.356. The second-order valence-electron chi connectivity index (χ2n) is 5.92. The van der Waals surface area contributed by atoms with Gasteiger partial charge in [0.25, 0.3) is 0 Å². The van der Waals surface area contributed by atoms with Gasteiger partial charge in [-0.15, -0.1) is 0 Å². The zero-order valence-corrected chi connectivity index (χ0v) is 10.3. The van der Waals surface area contributed by atoms with E-state index in [1.165, 1.54) is 5.57 Å². The third kappa shape index (κ3) is 1.99. The van der Waals surface area contributed by atoms with E-state index in [9.17, 15) is 9.90 Å². The van der Waals surface area contributed by atoms with Crippen molar-refractivity contribution in [1.82, 2.24) is 0 Å². The van der Waals surface area contributed by atoms with Crippen LogP contribution in [0.3, 0.4) is 0 Å². The number of rotatable bonds is 1. The van der Waals surface area contributed by atoms with Crippen LogP contribution < -0.4 is 0 Å². The molecule has 0 aliphatic heterocycles. The Labute approximate surface area is 97.0 Å². The van der Waals surface area contributed by atoms with Crippen LogP contribution in [0, 0.1) is 11.3 Å². The van der Waals surface area contributed by atoms with Crippen LogP contribution in [-0.2, 0) is 4.79 Å². The molecule has 2 nitrogen and oxygen atoms in total. The van der Waals surface area contributed by atoms with E-state index in [4.69, 9.17) is 0 Å². The molecular weight excluding hydrogens is 200 g/mol. The minimum Gasteiger partial charge on any atom is -0.390 e. The lowest BCUT2D eigenvalue weighted by atomic mass is 9.63. The van der Waals surface area contributed by atoms with E-state index in [0.717, 1.165) is 19.3 Å². The number of hydrogen-bond acceptors (Lipinski definition) is 2. The molecule has 2 rings (SSSR count). The average Bonchev–Trinajstić information content (AvgIpc) is 2.16. The average molecular weight is 220 g/mol. The third-order valence-electron chi connectivity index (χ3n) is 4.14. The van der Waals surface area contributed by atoms with Crippen molar-refractivity contribution in [3.8, 4) is 0 Å². The van der Waals surface area contributed by atoms with Gasteiger partial charge in [-0.05, 0) is 51.2 Å². The van der Waals surface area contributed by atoms with Gasteiger partial charge in [0.05, 0.1) is 5.60 Å². The van der Waals surface area contributed by atoms with Crippen molar-refractivity contribution in [1.29, 1.82) is 0 Å². The maximum Gasteiger partial charge on any atom is 0.178 e. The van der Waals surface area contributed by atoms with E-state index < -0.39 is 5.60 Å². The number of carbonyl (C=O) groups is 1. The first kappa shape index (κ1) is 11.6. The summed E-state index contributed by atoms with van der Waals surface area (Å²) in [6.45, 7) is 5.91. The van der Waals surface area contributed by atoms with Crippen LogP contribution in [0.1, 0.15) is 40.0 Å². The fourth-order valence-electron chi connectivity index (χ4n) is 2.74. The first-order valence-corrected chi connectivity index (χ1v) is 5.98. The first-order valence-electron chi connectivity index (χ1n) is 5.98. The minimum absolute atomic E-state index is 0.0513. The first-order chi connectivity index (χ1) is 7.31. The second-order valence-corrected chi connectivity index (χ2v) is 5.92. The van der Waals surface area contributed by atoms with Crippen LogP contribution in [-0.4, -0.2) is 16.5 Å². The molecule has 1 N–H and O–H groups in total. The summed E-state index contributed by atoms with van der Waals surface area (Å²) in [6.07, 6.45) is 8.36. The van der Waals surface area contributed by atoms with Gasteiger partial charge >= 0.3 is 0 Å². The van der Waals surface area contributed by atoms with Crippen molar-refractivity contribution >= 4 is 5.78 Å². The highest BCUT2D eigenvalue weighted by molar-refractivity contribution is 6.01. The number of fused-ring (bicyclic) bond motifs is 1. The molecule has 2 aliphatic rings. The molecule has 0 bridgehead atoms. The molecule has 2 aliphatic carbocycles. The summed E-state index contributed by atoms with van der Waals surface area (Å²) in [6, 6.07) is 0. The molecule has 88 valence electrons. The predicted molar refractivity (Wildman–Crippen MR) is 64.0 cm³/mol. The van der Waals surface area contributed by atoms with Gasteiger partial charge < -0.3 is 5.11 Å². The quantitative estimate of drug-likeness (QED) is 0.737. The summed E-state index contributed by atoms with van der Waals surface area (Å²) < 4.78 is 0. The van der Waals surface area contributed by atoms with Gasteiger partial charge in [0.2, 0.25) is 0 Å². The van der Waals surface area contributed by atoms with Crippen molar-refractivity contribution in [2.45, 2.75) is 45.6 Å². The van der Waals surface area contributed by atoms with Crippen LogP contribution in [0.15, 0.2) is 23.8 Å². The van der Waals surface area contributed by atoms with E-state index in [1.54, 1.807) is 12.2 Å². The van der Waals surface area contributed by atoms with Crippen LogP contribution in [0.2, 0.25) is 0 Å². The van der Waals surface area contributed by atoms with E-state index in [0.29, 0.717) is 0 Å². The number of hydrogen-bond donors (Lipinski definition) is 1. The molecule has 2 unspecified atom stereocenters. The highest BCUT2D eigenvalue weighted by atomic mass is 16.3. The predicted octanol–water partition coefficient (Wildman–Crippen LogP) is 2.63. The number of aliphatic hydroxyl groups is 1. The lowest BCUT2D eigenvalue weighted by Gasteiger charge is -2.43. The molecular formula is C14H20O2. The standard InChI is InChI=1S/C14H20O2/c1-13(2,16)10-4-6-14(3)7-5-12(15)9-11(14)8-10/h5,7,9-10,16H,4,6,8H2,1-3H3. The number of ketones is 1. The van der Waals surface area contributed by atoms with Crippen LogP contribution >= 0.6 is 0 Å². The summed E-state index contributed by atoms with van der Waals surface area (Å²) in [5, 5.41) is 10.1. The van der Waals surface area contributed by atoms with Gasteiger partial charge in [-0.1, -0.05) is 18.6 Å². The Balaban J connectivity index is 2.24. The lowest BCUT2D eigenvalue weighted by Crippen LogP contribution is -2.38. The molecule has 0 heterocycles. The maximum absolute atomic E-state index is 11.4. The maximum atomic E-state index is 11.4. The van der Waals surface area contributed by atoms with Gasteiger partial charge in [0.15, 0.2) is 5.78 Å². The Hall–Kier alpha value is -0.890. The van der Waals surface area contributed by atoms with Crippen molar-refractivity contribution in [2.75, 3.05) is 0 Å². The van der Waals surface area contributed by atoms with Gasteiger partial charge in [-0.3, -0.25) is 4.79 Å². The largest absolute Gasteiger partial charge is 0.390 e. The summed E-state index contributed by atoms with van der Waals surface area (Å²) in [5.41, 5.74) is 0.598. The van der Waals surface area contributed by atoms with Gasteiger partial charge in [-0.2, -0.15) is 0 Å². The molecule has 16 heavy (non-hydrogen) atoms. The SMILES string of the molecule is CC12C=CC(=O)C=C1CC(C(C)(C)O)CC2. The van der Waals surface area contributed by atoms with Crippen molar-refractivity contribution in [3.05, 3.63) is 23.8 Å². The van der Waals surface area contributed by atoms with Crippen LogP contribution in [0.25, 0.3) is 0 Å². The smallest absolute Gasteiger partial charge is 0.178 e. The molecule has 0 spiro atoms. The Bertz CT molecular complexity index is 371. The highest BCUT2D eigenvalue weighted by Gasteiger charge is 2.40. The molecule has 0 aromatic heterocycles. The Morgan fingerprint density at radius 1 is 1.50 bits per heavy atom. The van der Waals surface area contributed by atoms with Gasteiger partial charge in [0, 0.05) is 5.41 Å². The minimum atomic E-state index is -0.646. The molecule has 2 heteroatoms. The molecule has 0 amide bonds.